The monoisotopic (exact) mass is 282 g/mol. The van der Waals surface area contributed by atoms with Crippen molar-refractivity contribution in [1.29, 1.82) is 0 Å². The van der Waals surface area contributed by atoms with Crippen LogP contribution >= 0.6 is 0 Å². The van der Waals surface area contributed by atoms with Gasteiger partial charge in [-0.3, -0.25) is 4.79 Å². The van der Waals surface area contributed by atoms with Crippen LogP contribution in [0.5, 0.6) is 0 Å². The number of amides is 1. The minimum atomic E-state index is -0.386. The van der Waals surface area contributed by atoms with E-state index in [1.165, 1.54) is 12.8 Å². The Balaban J connectivity index is 1.66. The van der Waals surface area contributed by atoms with Crippen molar-refractivity contribution >= 4 is 5.91 Å². The fourth-order valence-corrected chi connectivity index (χ4v) is 3.81. The van der Waals surface area contributed by atoms with Gasteiger partial charge in [-0.25, -0.2) is 0 Å². The van der Waals surface area contributed by atoms with Gasteiger partial charge < -0.3 is 19.7 Å². The highest BCUT2D eigenvalue weighted by molar-refractivity contribution is 5.81. The van der Waals surface area contributed by atoms with E-state index < -0.39 is 0 Å². The van der Waals surface area contributed by atoms with Gasteiger partial charge in [0.1, 0.15) is 0 Å². The maximum atomic E-state index is 12.7. The lowest BCUT2D eigenvalue weighted by Crippen LogP contribution is -2.54. The van der Waals surface area contributed by atoms with Gasteiger partial charge in [0.15, 0.2) is 6.10 Å². The van der Waals surface area contributed by atoms with Crippen LogP contribution in [0.15, 0.2) is 0 Å². The van der Waals surface area contributed by atoms with Gasteiger partial charge >= 0.3 is 0 Å². The van der Waals surface area contributed by atoms with E-state index in [2.05, 4.69) is 17.1 Å². The third-order valence-electron chi connectivity index (χ3n) is 4.73. The number of nitrogens with zero attached hydrogens (tertiary/aromatic N) is 1. The molecule has 3 unspecified atom stereocenters. The number of ether oxygens (including phenoxy) is 2. The molecule has 20 heavy (non-hydrogen) atoms. The van der Waals surface area contributed by atoms with Crippen molar-refractivity contribution in [1.82, 2.24) is 10.2 Å². The third-order valence-corrected chi connectivity index (χ3v) is 4.73. The lowest BCUT2D eigenvalue weighted by Gasteiger charge is -2.39. The van der Waals surface area contributed by atoms with E-state index in [1.54, 1.807) is 0 Å². The number of nitrogens with one attached hydrogen (secondary N) is 1. The van der Waals surface area contributed by atoms with Gasteiger partial charge in [0.25, 0.3) is 5.91 Å². The normalized spacial score (nSPS) is 36.9. The first-order valence-electron chi connectivity index (χ1n) is 8.03. The molecule has 0 saturated carbocycles. The summed E-state index contributed by atoms with van der Waals surface area (Å²) < 4.78 is 11.0. The molecule has 5 heteroatoms. The van der Waals surface area contributed by atoms with E-state index in [0.29, 0.717) is 37.9 Å². The van der Waals surface area contributed by atoms with E-state index >= 15 is 0 Å². The van der Waals surface area contributed by atoms with Crippen LogP contribution in [0.2, 0.25) is 0 Å². The van der Waals surface area contributed by atoms with Crippen LogP contribution in [-0.2, 0) is 14.3 Å². The summed E-state index contributed by atoms with van der Waals surface area (Å²) in [5.41, 5.74) is 0. The molecule has 0 aromatic rings. The van der Waals surface area contributed by atoms with Gasteiger partial charge in [0.05, 0.1) is 19.8 Å². The van der Waals surface area contributed by atoms with E-state index in [9.17, 15) is 4.79 Å². The van der Waals surface area contributed by atoms with Crippen LogP contribution in [0.25, 0.3) is 0 Å². The summed E-state index contributed by atoms with van der Waals surface area (Å²) in [6, 6.07) is 1.59. The summed E-state index contributed by atoms with van der Waals surface area (Å²) in [5.74, 6) is 0.137. The molecule has 0 aromatic heterocycles. The standard InChI is InChI=1S/C15H26N2O3/c1-2-5-17(15(18)14-10-19-6-7-20-14)13-8-11-3-4-12(9-13)16-11/h11-14,16H,2-10H2,1H3. The Kier molecular flexibility index (Phi) is 4.58. The summed E-state index contributed by atoms with van der Waals surface area (Å²) in [4.78, 5) is 14.8. The van der Waals surface area contributed by atoms with Crippen LogP contribution in [0.1, 0.15) is 39.0 Å². The largest absolute Gasteiger partial charge is 0.376 e. The first-order chi connectivity index (χ1) is 9.78. The van der Waals surface area contributed by atoms with Crippen LogP contribution in [0.3, 0.4) is 0 Å². The molecule has 2 bridgehead atoms. The zero-order valence-corrected chi connectivity index (χ0v) is 12.3. The number of piperidine rings is 1. The van der Waals surface area contributed by atoms with E-state index in [4.69, 9.17) is 9.47 Å². The van der Waals surface area contributed by atoms with Crippen molar-refractivity contribution in [2.75, 3.05) is 26.4 Å². The average Bonchev–Trinajstić information content (AvgIpc) is 2.83. The molecule has 3 atom stereocenters. The molecule has 0 aliphatic carbocycles. The topological polar surface area (TPSA) is 50.8 Å². The Morgan fingerprint density at radius 2 is 2.00 bits per heavy atom. The SMILES string of the molecule is CCCN(C(=O)C1COCCO1)C1CC2CCC(C1)N2. The first kappa shape index (κ1) is 14.3. The Morgan fingerprint density at radius 3 is 2.60 bits per heavy atom. The molecule has 1 N–H and O–H groups in total. The minimum absolute atomic E-state index is 0.137. The van der Waals surface area contributed by atoms with Gasteiger partial charge in [0.2, 0.25) is 0 Å². The van der Waals surface area contributed by atoms with Crippen molar-refractivity contribution < 1.29 is 14.3 Å². The van der Waals surface area contributed by atoms with Crippen molar-refractivity contribution in [2.45, 2.75) is 63.3 Å². The number of rotatable bonds is 4. The number of fused-ring (bicyclic) bond motifs is 2. The van der Waals surface area contributed by atoms with Crippen molar-refractivity contribution in [3.05, 3.63) is 0 Å². The van der Waals surface area contributed by atoms with Crippen LogP contribution < -0.4 is 5.32 Å². The summed E-state index contributed by atoms with van der Waals surface area (Å²) in [5, 5.41) is 3.64. The Morgan fingerprint density at radius 1 is 1.25 bits per heavy atom. The second-order valence-corrected chi connectivity index (χ2v) is 6.23. The minimum Gasteiger partial charge on any atom is -0.376 e. The van der Waals surface area contributed by atoms with Gasteiger partial charge in [-0.2, -0.15) is 0 Å². The second kappa shape index (κ2) is 6.41. The summed E-state index contributed by atoms with van der Waals surface area (Å²) in [7, 11) is 0. The maximum Gasteiger partial charge on any atom is 0.254 e. The molecule has 3 rings (SSSR count). The maximum absolute atomic E-state index is 12.7. The quantitative estimate of drug-likeness (QED) is 0.833. The molecule has 1 amide bonds. The van der Waals surface area contributed by atoms with Crippen LogP contribution in [0, 0.1) is 0 Å². The van der Waals surface area contributed by atoms with Crippen LogP contribution in [-0.4, -0.2) is 61.4 Å². The predicted octanol–water partition coefficient (Wildman–Crippen LogP) is 0.923. The molecule has 0 radical (unpaired) electrons. The summed E-state index contributed by atoms with van der Waals surface area (Å²) >= 11 is 0. The lowest BCUT2D eigenvalue weighted by atomic mass is 9.97. The fraction of sp³-hybridized carbons (Fsp3) is 0.933. The van der Waals surface area contributed by atoms with E-state index in [0.717, 1.165) is 25.8 Å². The molecule has 114 valence electrons. The Hall–Kier alpha value is -0.650. The predicted molar refractivity (Wildman–Crippen MR) is 75.5 cm³/mol. The molecular weight excluding hydrogens is 256 g/mol. The number of carbonyl (C=O) groups is 1. The van der Waals surface area contributed by atoms with Crippen molar-refractivity contribution in [3.8, 4) is 0 Å². The van der Waals surface area contributed by atoms with E-state index in [1.807, 2.05) is 0 Å². The van der Waals surface area contributed by atoms with Gasteiger partial charge in [-0.05, 0) is 32.1 Å². The molecule has 0 spiro atoms. The number of hydrogen-bond donors (Lipinski definition) is 1. The van der Waals surface area contributed by atoms with Crippen LogP contribution in [0.4, 0.5) is 0 Å². The molecular formula is C15H26N2O3. The molecule has 3 aliphatic rings. The van der Waals surface area contributed by atoms with E-state index in [-0.39, 0.29) is 12.0 Å². The highest BCUT2D eigenvalue weighted by Crippen LogP contribution is 2.30. The molecule has 3 fully saturated rings. The third kappa shape index (κ3) is 3.00. The highest BCUT2D eigenvalue weighted by atomic mass is 16.6. The smallest absolute Gasteiger partial charge is 0.254 e. The molecule has 3 heterocycles. The highest BCUT2D eigenvalue weighted by Gasteiger charge is 2.39. The molecule has 3 aliphatic heterocycles. The molecule has 5 nitrogen and oxygen atoms in total. The molecule has 3 saturated heterocycles. The zero-order chi connectivity index (χ0) is 13.9. The summed E-state index contributed by atoms with van der Waals surface area (Å²) in [6.07, 6.45) is 5.32. The lowest BCUT2D eigenvalue weighted by molar-refractivity contribution is -0.161. The van der Waals surface area contributed by atoms with Crippen molar-refractivity contribution in [2.24, 2.45) is 0 Å². The Labute approximate surface area is 121 Å². The number of hydrogen-bond acceptors (Lipinski definition) is 4. The molecule has 0 aromatic carbocycles. The summed E-state index contributed by atoms with van der Waals surface area (Å²) in [6.45, 7) is 4.52. The zero-order valence-electron chi connectivity index (χ0n) is 12.3. The van der Waals surface area contributed by atoms with Gasteiger partial charge in [0, 0.05) is 24.7 Å². The number of carbonyl (C=O) groups excluding carboxylic acids is 1. The van der Waals surface area contributed by atoms with Crippen molar-refractivity contribution in [3.63, 3.8) is 0 Å². The second-order valence-electron chi connectivity index (χ2n) is 6.23. The van der Waals surface area contributed by atoms with Gasteiger partial charge in [-0.1, -0.05) is 6.92 Å². The average molecular weight is 282 g/mol. The first-order valence-corrected chi connectivity index (χ1v) is 8.03. The van der Waals surface area contributed by atoms with Gasteiger partial charge in [-0.15, -0.1) is 0 Å². The fourth-order valence-electron chi connectivity index (χ4n) is 3.81. The Bertz CT molecular complexity index is 332.